The quantitative estimate of drug-likeness (QED) is 0.757. The van der Waals surface area contributed by atoms with Crippen molar-refractivity contribution >= 4 is 22.4 Å². The molecule has 1 aromatic carbocycles. The summed E-state index contributed by atoms with van der Waals surface area (Å²) in [5.74, 6) is -0.188. The lowest BCUT2D eigenvalue weighted by atomic mass is 10.1. The fourth-order valence-corrected chi connectivity index (χ4v) is 2.17. The highest BCUT2D eigenvalue weighted by Gasteiger charge is 2.10. The molecule has 0 saturated carbocycles. The second-order valence-electron chi connectivity index (χ2n) is 4.67. The topological polar surface area (TPSA) is 85.8 Å². The molecule has 0 fully saturated rings. The summed E-state index contributed by atoms with van der Waals surface area (Å²) < 4.78 is 1.69. The van der Waals surface area contributed by atoms with E-state index in [1.54, 1.807) is 23.3 Å². The molecule has 3 N–H and O–H groups in total. The predicted molar refractivity (Wildman–Crippen MR) is 80.7 cm³/mol. The van der Waals surface area contributed by atoms with E-state index in [0.29, 0.717) is 24.5 Å². The first-order valence-electron chi connectivity index (χ1n) is 6.64. The van der Waals surface area contributed by atoms with E-state index < -0.39 is 0 Å². The third-order valence-electron chi connectivity index (χ3n) is 3.17. The lowest BCUT2D eigenvalue weighted by Crippen LogP contribution is -2.28. The first kappa shape index (κ1) is 13.1. The van der Waals surface area contributed by atoms with E-state index in [9.17, 15) is 4.79 Å². The molecule has 1 amide bonds. The van der Waals surface area contributed by atoms with Crippen LogP contribution in [0.4, 0.5) is 5.69 Å². The third-order valence-corrected chi connectivity index (χ3v) is 3.17. The van der Waals surface area contributed by atoms with Crippen molar-refractivity contribution in [1.29, 1.82) is 0 Å². The minimum absolute atomic E-state index is 0.188. The molecule has 0 unspecified atom stereocenters. The number of hydrogen-bond donors (Lipinski definition) is 2. The van der Waals surface area contributed by atoms with Gasteiger partial charge in [0.15, 0.2) is 0 Å². The highest BCUT2D eigenvalue weighted by atomic mass is 16.1. The standard InChI is InChI=1S/C15H15N5O/c16-12-9-19-20(10-12)8-7-18-15(21)14-13-4-2-1-3-11(13)5-6-17-14/h1-6,9-10H,7-8,16H2,(H,18,21). The second-order valence-corrected chi connectivity index (χ2v) is 4.67. The van der Waals surface area contributed by atoms with Crippen LogP contribution in [0.2, 0.25) is 0 Å². The van der Waals surface area contributed by atoms with Crippen molar-refractivity contribution in [1.82, 2.24) is 20.1 Å². The Kier molecular flexibility index (Phi) is 3.51. The average Bonchev–Trinajstić information content (AvgIpc) is 2.92. The van der Waals surface area contributed by atoms with Gasteiger partial charge in [-0.3, -0.25) is 14.5 Å². The Morgan fingerprint density at radius 2 is 2.14 bits per heavy atom. The molecular formula is C15H15N5O. The number of rotatable bonds is 4. The number of nitrogens with zero attached hydrogens (tertiary/aromatic N) is 3. The molecule has 0 spiro atoms. The van der Waals surface area contributed by atoms with Gasteiger partial charge in [0.1, 0.15) is 5.69 Å². The second kappa shape index (κ2) is 5.62. The minimum Gasteiger partial charge on any atom is -0.396 e. The lowest BCUT2D eigenvalue weighted by Gasteiger charge is -2.07. The highest BCUT2D eigenvalue weighted by Crippen LogP contribution is 2.15. The highest BCUT2D eigenvalue weighted by molar-refractivity contribution is 6.05. The number of nitrogen functional groups attached to an aromatic ring is 1. The van der Waals surface area contributed by atoms with Crippen molar-refractivity contribution in [2.24, 2.45) is 0 Å². The Morgan fingerprint density at radius 1 is 1.29 bits per heavy atom. The van der Waals surface area contributed by atoms with Crippen molar-refractivity contribution in [3.63, 3.8) is 0 Å². The van der Waals surface area contributed by atoms with Crippen LogP contribution in [-0.2, 0) is 6.54 Å². The zero-order valence-electron chi connectivity index (χ0n) is 11.4. The van der Waals surface area contributed by atoms with Gasteiger partial charge in [-0.15, -0.1) is 0 Å². The summed E-state index contributed by atoms with van der Waals surface area (Å²) >= 11 is 0. The van der Waals surface area contributed by atoms with E-state index in [1.165, 1.54) is 0 Å². The van der Waals surface area contributed by atoms with Crippen LogP contribution in [0.25, 0.3) is 10.8 Å². The molecule has 6 heteroatoms. The van der Waals surface area contributed by atoms with Gasteiger partial charge in [-0.2, -0.15) is 5.10 Å². The Balaban J connectivity index is 1.69. The number of nitrogens with one attached hydrogen (secondary N) is 1. The molecular weight excluding hydrogens is 266 g/mol. The molecule has 0 aliphatic rings. The number of carbonyl (C=O) groups excluding carboxylic acids is 1. The smallest absolute Gasteiger partial charge is 0.270 e. The van der Waals surface area contributed by atoms with Gasteiger partial charge >= 0.3 is 0 Å². The van der Waals surface area contributed by atoms with Crippen molar-refractivity contribution < 1.29 is 4.79 Å². The SMILES string of the molecule is Nc1cnn(CCNC(=O)c2nccc3ccccc23)c1. The molecule has 0 radical (unpaired) electrons. The molecule has 0 saturated heterocycles. The summed E-state index contributed by atoms with van der Waals surface area (Å²) in [5, 5.41) is 8.75. The monoisotopic (exact) mass is 281 g/mol. The van der Waals surface area contributed by atoms with Gasteiger partial charge < -0.3 is 11.1 Å². The zero-order chi connectivity index (χ0) is 14.7. The maximum Gasteiger partial charge on any atom is 0.270 e. The first-order chi connectivity index (χ1) is 10.2. The lowest BCUT2D eigenvalue weighted by molar-refractivity contribution is 0.0949. The molecule has 106 valence electrons. The largest absolute Gasteiger partial charge is 0.396 e. The summed E-state index contributed by atoms with van der Waals surface area (Å²) in [6.45, 7) is 1.03. The maximum atomic E-state index is 12.2. The van der Waals surface area contributed by atoms with Gasteiger partial charge in [0.2, 0.25) is 0 Å². The normalized spacial score (nSPS) is 10.7. The van der Waals surface area contributed by atoms with Crippen molar-refractivity contribution in [2.45, 2.75) is 6.54 Å². The van der Waals surface area contributed by atoms with Crippen LogP contribution in [0.3, 0.4) is 0 Å². The molecule has 0 atom stereocenters. The van der Waals surface area contributed by atoms with Gasteiger partial charge in [0.25, 0.3) is 5.91 Å². The minimum atomic E-state index is -0.188. The number of pyridine rings is 1. The summed E-state index contributed by atoms with van der Waals surface area (Å²) in [4.78, 5) is 16.4. The number of carbonyl (C=O) groups is 1. The van der Waals surface area contributed by atoms with Gasteiger partial charge in [-0.1, -0.05) is 24.3 Å². The van der Waals surface area contributed by atoms with Gasteiger partial charge in [-0.25, -0.2) is 0 Å². The van der Waals surface area contributed by atoms with E-state index in [2.05, 4.69) is 15.4 Å². The molecule has 6 nitrogen and oxygen atoms in total. The fraction of sp³-hybridized carbons (Fsp3) is 0.133. The molecule has 0 aliphatic carbocycles. The van der Waals surface area contributed by atoms with E-state index in [4.69, 9.17) is 5.73 Å². The van der Waals surface area contributed by atoms with Gasteiger partial charge in [0.05, 0.1) is 18.4 Å². The molecule has 2 aromatic heterocycles. The third kappa shape index (κ3) is 2.84. The Morgan fingerprint density at radius 3 is 2.95 bits per heavy atom. The molecule has 3 rings (SSSR count). The number of anilines is 1. The van der Waals surface area contributed by atoms with Crippen LogP contribution in [0, 0.1) is 0 Å². The Labute approximate surface area is 121 Å². The van der Waals surface area contributed by atoms with Crippen LogP contribution < -0.4 is 11.1 Å². The molecule has 0 bridgehead atoms. The Bertz CT molecular complexity index is 775. The molecule has 2 heterocycles. The number of amides is 1. The number of fused-ring (bicyclic) bond motifs is 1. The number of benzene rings is 1. The maximum absolute atomic E-state index is 12.2. The van der Waals surface area contributed by atoms with Crippen molar-refractivity contribution in [3.05, 3.63) is 54.6 Å². The van der Waals surface area contributed by atoms with E-state index in [-0.39, 0.29) is 5.91 Å². The summed E-state index contributed by atoms with van der Waals surface area (Å²) in [7, 11) is 0. The van der Waals surface area contributed by atoms with Crippen LogP contribution in [-0.4, -0.2) is 27.2 Å². The molecule has 3 aromatic rings. The summed E-state index contributed by atoms with van der Waals surface area (Å²) in [6.07, 6.45) is 4.95. The van der Waals surface area contributed by atoms with Crippen LogP contribution >= 0.6 is 0 Å². The average molecular weight is 281 g/mol. The van der Waals surface area contributed by atoms with Gasteiger partial charge in [-0.05, 0) is 11.5 Å². The van der Waals surface area contributed by atoms with E-state index in [1.807, 2.05) is 30.3 Å². The zero-order valence-corrected chi connectivity index (χ0v) is 11.4. The van der Waals surface area contributed by atoms with Crippen LogP contribution in [0.5, 0.6) is 0 Å². The van der Waals surface area contributed by atoms with Crippen LogP contribution in [0.1, 0.15) is 10.5 Å². The van der Waals surface area contributed by atoms with Crippen LogP contribution in [0.15, 0.2) is 48.9 Å². The molecule has 21 heavy (non-hydrogen) atoms. The number of aromatic nitrogens is 3. The van der Waals surface area contributed by atoms with E-state index >= 15 is 0 Å². The first-order valence-corrected chi connectivity index (χ1v) is 6.64. The Hall–Kier alpha value is -2.89. The summed E-state index contributed by atoms with van der Waals surface area (Å²) in [5.41, 5.74) is 6.63. The van der Waals surface area contributed by atoms with Crippen molar-refractivity contribution in [2.75, 3.05) is 12.3 Å². The van der Waals surface area contributed by atoms with E-state index in [0.717, 1.165) is 10.8 Å². The molecule has 0 aliphatic heterocycles. The fourth-order valence-electron chi connectivity index (χ4n) is 2.17. The van der Waals surface area contributed by atoms with Crippen molar-refractivity contribution in [3.8, 4) is 0 Å². The summed E-state index contributed by atoms with van der Waals surface area (Å²) in [6, 6.07) is 9.57. The van der Waals surface area contributed by atoms with Gasteiger partial charge in [0, 0.05) is 24.3 Å². The predicted octanol–water partition coefficient (Wildman–Crippen LogP) is 1.44. The number of hydrogen-bond acceptors (Lipinski definition) is 4. The number of nitrogens with two attached hydrogens (primary N) is 1.